The van der Waals surface area contributed by atoms with Gasteiger partial charge in [0.05, 0.1) is 26.2 Å². The van der Waals surface area contributed by atoms with Gasteiger partial charge in [-0.1, -0.05) is 50.1 Å². The molecule has 0 saturated heterocycles. The fourth-order valence-corrected chi connectivity index (χ4v) is 7.91. The predicted octanol–water partition coefficient (Wildman–Crippen LogP) is 3.88. The second-order valence-corrected chi connectivity index (χ2v) is 14.9. The number of aryl methyl sites for hydroxylation is 2. The van der Waals surface area contributed by atoms with E-state index in [1.165, 1.54) is 14.0 Å². The summed E-state index contributed by atoms with van der Waals surface area (Å²) in [6.45, 7) is 12.0. The van der Waals surface area contributed by atoms with E-state index in [2.05, 4.69) is 29.8 Å². The van der Waals surface area contributed by atoms with Gasteiger partial charge in [-0.3, -0.25) is 29.1 Å². The van der Waals surface area contributed by atoms with Gasteiger partial charge < -0.3 is 40.9 Å². The van der Waals surface area contributed by atoms with Crippen LogP contribution in [0.25, 0.3) is 22.1 Å². The molecule has 0 radical (unpaired) electrons. The number of ether oxygens (including phenoxy) is 1. The van der Waals surface area contributed by atoms with Gasteiger partial charge in [-0.15, -0.1) is 22.1 Å². The molecule has 0 saturated carbocycles. The molecule has 3 aromatic rings. The van der Waals surface area contributed by atoms with Crippen LogP contribution in [0.4, 0.5) is 0 Å². The van der Waals surface area contributed by atoms with Gasteiger partial charge in [0.25, 0.3) is 0 Å². The maximum absolute atomic E-state index is 14.2. The van der Waals surface area contributed by atoms with Gasteiger partial charge in [0.2, 0.25) is 11.8 Å². The van der Waals surface area contributed by atoms with Crippen molar-refractivity contribution in [1.29, 1.82) is 0 Å². The van der Waals surface area contributed by atoms with Crippen LogP contribution in [-0.4, -0.2) is 90.3 Å². The fourth-order valence-electron chi connectivity index (χ4n) is 7.91. The van der Waals surface area contributed by atoms with Crippen LogP contribution in [0.1, 0.15) is 137 Å². The van der Waals surface area contributed by atoms with Gasteiger partial charge in [-0.05, 0) is 59.2 Å². The van der Waals surface area contributed by atoms with Crippen LogP contribution in [-0.2, 0) is 41.2 Å². The number of hydrogen-bond acceptors (Lipinski definition) is 10. The molecule has 2 amide bonds. The molecule has 0 aromatic carbocycles. The second kappa shape index (κ2) is 19.9. The van der Waals surface area contributed by atoms with E-state index in [1.54, 1.807) is 0 Å². The molecule has 5 rings (SSSR count). The average molecular weight is 876 g/mol. The molecule has 5 heterocycles. The minimum Gasteiger partial charge on any atom is -0.657 e. The average Bonchev–Trinajstić information content (AvgIpc) is 3.86. The summed E-state index contributed by atoms with van der Waals surface area (Å²) in [5.74, 6) is -2.01. The number of methoxy groups -OCH3 is 1. The minimum atomic E-state index is -1.09. The molecule has 57 heavy (non-hydrogen) atoms. The fraction of sp³-hybridized carbons (Fsp3) is 0.524. The molecule has 310 valence electrons. The molecule has 1 unspecified atom stereocenters. The predicted molar refractivity (Wildman–Crippen MR) is 213 cm³/mol. The number of carbonyl (C=O) groups excluding carboxylic acids is 4. The van der Waals surface area contributed by atoms with Crippen LogP contribution in [0, 0.1) is 13.8 Å². The van der Waals surface area contributed by atoms with E-state index in [-0.39, 0.29) is 75.2 Å². The number of carbonyl (C=O) groups is 4. The molecular weight excluding hydrogens is 821 g/mol. The Kier molecular flexibility index (Phi) is 15.9. The first-order valence-corrected chi connectivity index (χ1v) is 19.5. The third-order valence-corrected chi connectivity index (χ3v) is 11.2. The Bertz CT molecular complexity index is 2150. The smallest absolute Gasteiger partial charge is 0.657 e. The summed E-state index contributed by atoms with van der Waals surface area (Å²) in [7, 11) is 3.15. The molecule has 2 aliphatic heterocycles. The van der Waals surface area contributed by atoms with E-state index >= 15 is 0 Å². The third-order valence-electron chi connectivity index (χ3n) is 11.2. The summed E-state index contributed by atoms with van der Waals surface area (Å²) in [6, 6.07) is 5.67. The summed E-state index contributed by atoms with van der Waals surface area (Å²) in [5.41, 5.74) is 7.23. The van der Waals surface area contributed by atoms with Crippen LogP contribution < -0.4 is 25.9 Å². The number of fused-ring (bicyclic) bond motifs is 8. The third kappa shape index (κ3) is 9.90. The number of esters is 1. The standard InChI is InChI=1S/C42H57N7O7.Pd/c1-9-27-21(2)30-18-35-38(25(6)51)23(4)32(47-35)16-31-22(3)28(11-12-36(53)45-19-26(52)20-50)40(48-31)29(15-37(54)56-8)41-39(42(55)44-14-10-13-43-7)24(5)33(49-41)17-34(27)46-30;/h16-18,21-22,26-28,43,50,52H,9-15,19-20H2,1-8H3,(H4,44,45,46,47,48,49,51,53,55);/q;+2/p-2/t21-,22+,26?,27-,28+;/m1./s1. The number of nitrogens with one attached hydrogen (secondary N) is 3. The molecule has 14 nitrogen and oxygen atoms in total. The number of aliphatic hydroxyl groups is 2. The normalized spacial score (nSPS) is 18.1. The summed E-state index contributed by atoms with van der Waals surface area (Å²) in [5, 5.41) is 27.9. The Balaban J connectivity index is 0.00000720. The molecule has 8 bridgehead atoms. The maximum atomic E-state index is 14.2. The number of hydrogen-bond donors (Lipinski definition) is 5. The van der Waals surface area contributed by atoms with Gasteiger partial charge in [-0.25, -0.2) is 0 Å². The molecule has 0 fully saturated rings. The van der Waals surface area contributed by atoms with Crippen molar-refractivity contribution in [2.45, 2.75) is 103 Å². The number of aliphatic hydroxyl groups excluding tert-OH is 2. The van der Waals surface area contributed by atoms with Crippen molar-refractivity contribution >= 4 is 45.6 Å². The second-order valence-electron chi connectivity index (χ2n) is 14.9. The summed E-state index contributed by atoms with van der Waals surface area (Å²) in [6.07, 6.45) is 0.489. The van der Waals surface area contributed by atoms with E-state index in [0.717, 1.165) is 17.8 Å². The zero-order chi connectivity index (χ0) is 40.8. The first kappa shape index (κ1) is 45.4. The Morgan fingerprint density at radius 1 is 0.895 bits per heavy atom. The number of amides is 2. The molecule has 3 aromatic heterocycles. The van der Waals surface area contributed by atoms with Gasteiger partial charge >= 0.3 is 26.4 Å². The summed E-state index contributed by atoms with van der Waals surface area (Å²) >= 11 is 0. The van der Waals surface area contributed by atoms with Crippen LogP contribution in [0.15, 0.2) is 18.2 Å². The SMILES string of the molecule is CC[C@H]1c2cc3[n-]c(c(CC(=O)OC)c4nc(cc5[n-]c(cc(n2)[C@@H]1C)c(C(C)=O)c5C)[C@@H](C)[C@@H]4CCC(=O)NCC(O)CO)c(C(=O)NCCCNC)c3C.[Pd+2]. The Morgan fingerprint density at radius 3 is 2.18 bits per heavy atom. The van der Waals surface area contributed by atoms with Crippen molar-refractivity contribution < 1.29 is 54.6 Å². The van der Waals surface area contributed by atoms with Crippen molar-refractivity contribution in [2.75, 3.05) is 40.4 Å². The Labute approximate surface area is 347 Å². The number of nitrogens with zero attached hydrogens (tertiary/aromatic N) is 4. The number of rotatable bonds is 15. The van der Waals surface area contributed by atoms with E-state index in [1.807, 2.05) is 46.0 Å². The maximum Gasteiger partial charge on any atom is 2.00 e. The van der Waals surface area contributed by atoms with E-state index in [4.69, 9.17) is 24.7 Å². The largest absolute Gasteiger partial charge is 2.00 e. The van der Waals surface area contributed by atoms with Crippen molar-refractivity contribution in [2.24, 2.45) is 0 Å². The quantitative estimate of drug-likeness (QED) is 0.0639. The van der Waals surface area contributed by atoms with E-state index < -0.39 is 24.6 Å². The van der Waals surface area contributed by atoms with Gasteiger partial charge in [0.1, 0.15) is 0 Å². The molecular formula is C42H55N7O7Pd. The zero-order valence-corrected chi connectivity index (χ0v) is 35.6. The van der Waals surface area contributed by atoms with Gasteiger partial charge in [0, 0.05) is 77.1 Å². The number of aromatic nitrogens is 4. The Hall–Kier alpha value is -4.26. The zero-order valence-electron chi connectivity index (χ0n) is 34.0. The first-order valence-electron chi connectivity index (χ1n) is 19.5. The molecule has 5 atom stereocenters. The topological polar surface area (TPSA) is 208 Å². The molecule has 15 heteroatoms. The molecule has 2 aliphatic rings. The van der Waals surface area contributed by atoms with E-state index in [0.29, 0.717) is 87.2 Å². The summed E-state index contributed by atoms with van der Waals surface area (Å²) < 4.78 is 5.20. The monoisotopic (exact) mass is 875 g/mol. The number of Topliss-reactive ketones (excluding diaryl/α,β-unsaturated/α-hetero) is 1. The number of ketones is 1. The molecule has 0 aliphatic carbocycles. The van der Waals surface area contributed by atoms with Crippen LogP contribution in [0.2, 0.25) is 0 Å². The van der Waals surface area contributed by atoms with Gasteiger partial charge in [0.15, 0.2) is 5.78 Å². The van der Waals surface area contributed by atoms with Crippen molar-refractivity contribution in [3.63, 3.8) is 0 Å². The molecule has 0 spiro atoms. The first-order chi connectivity index (χ1) is 26.7. The van der Waals surface area contributed by atoms with Crippen molar-refractivity contribution in [3.05, 3.63) is 68.8 Å². The van der Waals surface area contributed by atoms with Crippen LogP contribution >= 0.6 is 0 Å². The molecule has 5 N–H and O–H groups in total. The van der Waals surface area contributed by atoms with Crippen molar-refractivity contribution in [3.8, 4) is 0 Å². The van der Waals surface area contributed by atoms with Crippen molar-refractivity contribution in [1.82, 2.24) is 35.9 Å². The van der Waals surface area contributed by atoms with Crippen LogP contribution in [0.3, 0.4) is 0 Å². The van der Waals surface area contributed by atoms with E-state index in [9.17, 15) is 29.4 Å². The minimum absolute atomic E-state index is 0. The van der Waals surface area contributed by atoms with Gasteiger partial charge in [-0.2, -0.15) is 0 Å². The summed E-state index contributed by atoms with van der Waals surface area (Å²) in [4.78, 5) is 74.0. The Morgan fingerprint density at radius 2 is 1.53 bits per heavy atom. The van der Waals surface area contributed by atoms with Crippen LogP contribution in [0.5, 0.6) is 0 Å².